The van der Waals surface area contributed by atoms with Crippen LogP contribution in [-0.4, -0.2) is 51.4 Å². The lowest BCUT2D eigenvalue weighted by Gasteiger charge is -2.22. The molecular formula is C18H24ClN3O7S. The van der Waals surface area contributed by atoms with Crippen LogP contribution >= 0.6 is 11.6 Å². The summed E-state index contributed by atoms with van der Waals surface area (Å²) in [6.45, 7) is 4.57. The molecule has 0 aliphatic carbocycles. The van der Waals surface area contributed by atoms with Crippen molar-refractivity contribution in [3.63, 3.8) is 0 Å². The lowest BCUT2D eigenvalue weighted by atomic mass is 10.1. The molecule has 2 rings (SSSR count). The Labute approximate surface area is 179 Å². The number of hydroxylamine groups is 1. The van der Waals surface area contributed by atoms with Gasteiger partial charge in [0.2, 0.25) is 0 Å². The van der Waals surface area contributed by atoms with Crippen molar-refractivity contribution < 1.29 is 23.1 Å². The Morgan fingerprint density at radius 2 is 1.83 bits per heavy atom. The van der Waals surface area contributed by atoms with E-state index in [0.29, 0.717) is 24.1 Å². The predicted molar refractivity (Wildman–Crippen MR) is 114 cm³/mol. The summed E-state index contributed by atoms with van der Waals surface area (Å²) in [6, 6.07) is 2.32. The van der Waals surface area contributed by atoms with Crippen molar-refractivity contribution in [3.8, 4) is 5.75 Å². The van der Waals surface area contributed by atoms with Crippen LogP contribution in [0.2, 0.25) is 5.02 Å². The van der Waals surface area contributed by atoms with Gasteiger partial charge < -0.3 is 20.5 Å². The highest BCUT2D eigenvalue weighted by Crippen LogP contribution is 2.39. The van der Waals surface area contributed by atoms with Crippen LogP contribution in [0.25, 0.3) is 0 Å². The average molecular weight is 462 g/mol. The van der Waals surface area contributed by atoms with Gasteiger partial charge in [0, 0.05) is 19.7 Å². The van der Waals surface area contributed by atoms with Gasteiger partial charge in [0.1, 0.15) is 16.3 Å². The maximum absolute atomic E-state index is 12.6. The van der Waals surface area contributed by atoms with Crippen molar-refractivity contribution in [1.82, 2.24) is 4.47 Å². The highest BCUT2D eigenvalue weighted by atomic mass is 35.5. The smallest absolute Gasteiger partial charge is 0.269 e. The summed E-state index contributed by atoms with van der Waals surface area (Å²) < 4.78 is 31.0. The Morgan fingerprint density at radius 3 is 2.40 bits per heavy atom. The first-order valence-electron chi connectivity index (χ1n) is 9.09. The van der Waals surface area contributed by atoms with Gasteiger partial charge in [0.15, 0.2) is 5.75 Å². The Morgan fingerprint density at radius 1 is 1.20 bits per heavy atom. The molecule has 0 fully saturated rings. The van der Waals surface area contributed by atoms with E-state index in [9.17, 15) is 23.1 Å². The van der Waals surface area contributed by atoms with E-state index in [-0.39, 0.29) is 28.1 Å². The van der Waals surface area contributed by atoms with E-state index in [2.05, 4.69) is 10.6 Å². The molecular weight excluding hydrogens is 438 g/mol. The fourth-order valence-corrected chi connectivity index (χ4v) is 4.20. The third-order valence-corrected chi connectivity index (χ3v) is 6.65. The van der Waals surface area contributed by atoms with Crippen LogP contribution in [0, 0.1) is 0 Å². The molecule has 0 saturated carbocycles. The second kappa shape index (κ2) is 9.75. The fraction of sp³-hybridized carbons (Fsp3) is 0.444. The average Bonchev–Trinajstić information content (AvgIpc) is 2.72. The summed E-state index contributed by atoms with van der Waals surface area (Å²) in [5.41, 5.74) is -1.67. The summed E-state index contributed by atoms with van der Waals surface area (Å²) in [4.78, 5) is 28.2. The zero-order chi connectivity index (χ0) is 22.6. The minimum absolute atomic E-state index is 0.0410. The molecule has 1 atom stereocenters. The molecule has 166 valence electrons. The summed E-state index contributed by atoms with van der Waals surface area (Å²) in [7, 11) is -2.01. The van der Waals surface area contributed by atoms with E-state index in [0.717, 1.165) is 14.2 Å². The number of benzene rings is 1. The molecule has 0 bridgehead atoms. The van der Waals surface area contributed by atoms with Gasteiger partial charge in [-0.3, -0.25) is 14.4 Å². The van der Waals surface area contributed by atoms with Crippen LogP contribution in [0.4, 0.5) is 17.1 Å². The van der Waals surface area contributed by atoms with Crippen LogP contribution in [0.1, 0.15) is 20.3 Å². The minimum atomic E-state index is -4.28. The molecule has 30 heavy (non-hydrogen) atoms. The molecule has 3 N–H and O–H groups in total. The second-order valence-electron chi connectivity index (χ2n) is 6.31. The third kappa shape index (κ3) is 4.60. The van der Waals surface area contributed by atoms with Gasteiger partial charge in [-0.25, -0.2) is 8.42 Å². The van der Waals surface area contributed by atoms with Gasteiger partial charge in [-0.1, -0.05) is 23.0 Å². The predicted octanol–water partition coefficient (Wildman–Crippen LogP) is 1.79. The number of hydrogen-bond acceptors (Lipinski definition) is 9. The number of rotatable bonds is 11. The van der Waals surface area contributed by atoms with Crippen LogP contribution in [0.3, 0.4) is 0 Å². The highest BCUT2D eigenvalue weighted by molar-refractivity contribution is 7.89. The van der Waals surface area contributed by atoms with Crippen molar-refractivity contribution >= 4 is 38.7 Å². The number of ether oxygens (including phenoxy) is 1. The molecule has 0 amide bonds. The molecule has 2 aromatic carbocycles. The van der Waals surface area contributed by atoms with Crippen molar-refractivity contribution in [2.45, 2.75) is 31.2 Å². The van der Waals surface area contributed by atoms with E-state index < -0.39 is 31.5 Å². The number of halogens is 1. The van der Waals surface area contributed by atoms with Crippen molar-refractivity contribution in [2.75, 3.05) is 38.0 Å². The van der Waals surface area contributed by atoms with Crippen LogP contribution in [0.5, 0.6) is 5.75 Å². The van der Waals surface area contributed by atoms with E-state index >= 15 is 0 Å². The fourth-order valence-electron chi connectivity index (χ4n) is 2.63. The van der Waals surface area contributed by atoms with Crippen LogP contribution < -0.4 is 21.5 Å². The number of phenols is 1. The zero-order valence-electron chi connectivity index (χ0n) is 17.0. The lowest BCUT2D eigenvalue weighted by molar-refractivity contribution is -0.0259. The second-order valence-corrected chi connectivity index (χ2v) is 8.59. The van der Waals surface area contributed by atoms with Crippen molar-refractivity contribution in [1.29, 1.82) is 0 Å². The quantitative estimate of drug-likeness (QED) is 0.260. The zero-order valence-corrected chi connectivity index (χ0v) is 18.6. The van der Waals surface area contributed by atoms with E-state index in [1.165, 1.54) is 12.1 Å². The first kappa shape index (κ1) is 24.1. The molecule has 12 heteroatoms. The van der Waals surface area contributed by atoms with Gasteiger partial charge in [0.05, 0.1) is 24.4 Å². The lowest BCUT2D eigenvalue weighted by Crippen LogP contribution is -2.40. The van der Waals surface area contributed by atoms with Crippen molar-refractivity contribution in [3.05, 3.63) is 37.6 Å². The van der Waals surface area contributed by atoms with Crippen LogP contribution in [0.15, 0.2) is 26.6 Å². The topological polar surface area (TPSA) is 134 Å². The third-order valence-electron chi connectivity index (χ3n) is 4.47. The molecule has 1 unspecified atom stereocenters. The summed E-state index contributed by atoms with van der Waals surface area (Å²) in [6.07, 6.45) is 0.635. The van der Waals surface area contributed by atoms with E-state index in [1.54, 1.807) is 0 Å². The van der Waals surface area contributed by atoms with Gasteiger partial charge in [-0.2, -0.15) is 0 Å². The molecule has 0 aliphatic heterocycles. The van der Waals surface area contributed by atoms with E-state index in [1.807, 2.05) is 13.8 Å². The maximum atomic E-state index is 12.6. The number of hydrogen-bond donors (Lipinski definition) is 3. The first-order valence-corrected chi connectivity index (χ1v) is 10.9. The van der Waals surface area contributed by atoms with Gasteiger partial charge in [-0.05, 0) is 25.5 Å². The first-order chi connectivity index (χ1) is 14.1. The monoisotopic (exact) mass is 461 g/mol. The molecule has 0 spiro atoms. The summed E-state index contributed by atoms with van der Waals surface area (Å²) in [5, 5.41) is 15.9. The largest absolute Gasteiger partial charge is 0.504 e. The molecule has 0 heterocycles. The SMILES string of the molecule is CCOCC(CC)Nc1c(Nc2ccc(Cl)c(S(=O)(=O)N(C)OC)c2O)c(=O)c1=O. The normalized spacial score (nSPS) is 13.0. The molecule has 10 nitrogen and oxygen atoms in total. The Balaban J connectivity index is 2.41. The minimum Gasteiger partial charge on any atom is -0.504 e. The van der Waals surface area contributed by atoms with Gasteiger partial charge in [0.25, 0.3) is 20.9 Å². The molecule has 0 saturated heterocycles. The number of phenolic OH excluding ortho intramolecular Hbond substituents is 1. The number of nitrogens with one attached hydrogen (secondary N) is 2. The number of aromatic hydroxyl groups is 1. The molecule has 0 radical (unpaired) electrons. The molecule has 0 aliphatic rings. The molecule has 0 aromatic heterocycles. The van der Waals surface area contributed by atoms with E-state index in [4.69, 9.17) is 21.2 Å². The van der Waals surface area contributed by atoms with Crippen molar-refractivity contribution in [2.24, 2.45) is 0 Å². The van der Waals surface area contributed by atoms with Gasteiger partial charge in [-0.15, -0.1) is 0 Å². The van der Waals surface area contributed by atoms with Gasteiger partial charge >= 0.3 is 0 Å². The Kier molecular flexibility index (Phi) is 7.83. The maximum Gasteiger partial charge on any atom is 0.269 e. The highest BCUT2D eigenvalue weighted by Gasteiger charge is 2.31. The number of nitrogens with zero attached hydrogens (tertiary/aromatic N) is 1. The number of sulfonamides is 1. The Bertz CT molecular complexity index is 1080. The molecule has 2 aromatic rings. The summed E-state index contributed by atoms with van der Waals surface area (Å²) >= 11 is 5.98. The Hall–Kier alpha value is -2.18. The summed E-state index contributed by atoms with van der Waals surface area (Å²) in [5.74, 6) is -0.716. The number of anilines is 3. The van der Waals surface area contributed by atoms with Crippen LogP contribution in [-0.2, 0) is 19.6 Å². The standard InChI is InChI=1S/C18H24ClN3O7S/c1-5-10(9-29-6-2)20-13-14(17(25)16(13)24)21-12-8-7-11(19)18(15(12)23)30(26,27)22(3)28-4/h7-8,10,20-21,23H,5-6,9H2,1-4H3.